The van der Waals surface area contributed by atoms with E-state index in [4.69, 9.17) is 9.47 Å². The fourth-order valence-corrected chi connectivity index (χ4v) is 4.75. The predicted molar refractivity (Wildman–Crippen MR) is 90.1 cm³/mol. The average Bonchev–Trinajstić information content (AvgIpc) is 3.22. The molecule has 7 heteroatoms. The van der Waals surface area contributed by atoms with Crippen LogP contribution in [-0.2, 0) is 29.3 Å². The lowest BCUT2D eigenvalue weighted by molar-refractivity contribution is 0.348. The van der Waals surface area contributed by atoms with Crippen LogP contribution in [0.25, 0.3) is 0 Å². The van der Waals surface area contributed by atoms with E-state index in [1.165, 1.54) is 12.1 Å². The van der Waals surface area contributed by atoms with Crippen molar-refractivity contribution in [2.45, 2.75) is 24.2 Å². The number of nitrogens with one attached hydrogen (secondary N) is 1. The Bertz CT molecular complexity index is 877. The number of ether oxygens (including phenoxy) is 2. The van der Waals surface area contributed by atoms with Crippen LogP contribution in [-0.4, -0.2) is 28.2 Å². The monoisotopic (exact) mass is 363 g/mol. The van der Waals surface area contributed by atoms with Gasteiger partial charge in [0, 0.05) is 30.5 Å². The summed E-state index contributed by atoms with van der Waals surface area (Å²) in [6.45, 7) is 1.19. The summed E-state index contributed by atoms with van der Waals surface area (Å²) in [5.74, 6) is 0.790. The lowest BCUT2D eigenvalue weighted by atomic mass is 10.1. The molecule has 0 bridgehead atoms. The summed E-state index contributed by atoms with van der Waals surface area (Å²) in [6, 6.07) is 7.93. The predicted octanol–water partition coefficient (Wildman–Crippen LogP) is 2.22. The lowest BCUT2D eigenvalue weighted by Gasteiger charge is -2.14. The molecule has 0 saturated heterocycles. The Hall–Kier alpha value is -2.12. The highest BCUT2D eigenvalue weighted by atomic mass is 32.2. The van der Waals surface area contributed by atoms with E-state index in [0.717, 1.165) is 11.1 Å². The van der Waals surface area contributed by atoms with Crippen LogP contribution in [0.3, 0.4) is 0 Å². The van der Waals surface area contributed by atoms with E-state index in [1.807, 2.05) is 6.07 Å². The van der Waals surface area contributed by atoms with Gasteiger partial charge in [-0.05, 0) is 30.2 Å². The first kappa shape index (κ1) is 16.4. The molecule has 5 nitrogen and oxygen atoms in total. The molecular formula is C18H18FNO4S. The van der Waals surface area contributed by atoms with E-state index in [1.54, 1.807) is 12.1 Å². The quantitative estimate of drug-likeness (QED) is 0.885. The Morgan fingerprint density at radius 2 is 1.84 bits per heavy atom. The number of fused-ring (bicyclic) bond motifs is 2. The van der Waals surface area contributed by atoms with E-state index in [2.05, 4.69) is 4.72 Å². The van der Waals surface area contributed by atoms with Gasteiger partial charge >= 0.3 is 0 Å². The van der Waals surface area contributed by atoms with Crippen LogP contribution in [0.15, 0.2) is 35.2 Å². The molecular weight excluding hydrogens is 345 g/mol. The fourth-order valence-electron chi connectivity index (χ4n) is 3.28. The summed E-state index contributed by atoms with van der Waals surface area (Å²) in [5.41, 5.74) is 2.43. The minimum absolute atomic E-state index is 0.217. The van der Waals surface area contributed by atoms with Crippen molar-refractivity contribution in [2.75, 3.05) is 19.8 Å². The number of sulfonamides is 1. The Balaban J connectivity index is 1.57. The van der Waals surface area contributed by atoms with Gasteiger partial charge in [0.1, 0.15) is 22.2 Å². The molecule has 0 atom stereocenters. The zero-order chi connectivity index (χ0) is 17.4. The van der Waals surface area contributed by atoms with Gasteiger partial charge in [0.25, 0.3) is 0 Å². The molecule has 2 aliphatic heterocycles. The molecule has 2 aromatic rings. The average molecular weight is 363 g/mol. The van der Waals surface area contributed by atoms with Crippen LogP contribution in [0.5, 0.6) is 11.5 Å². The number of rotatable bonds is 5. The molecule has 0 saturated carbocycles. The van der Waals surface area contributed by atoms with Crippen LogP contribution in [0.4, 0.5) is 4.39 Å². The molecule has 4 rings (SSSR count). The largest absolute Gasteiger partial charge is 0.493 e. The third kappa shape index (κ3) is 3.09. The van der Waals surface area contributed by atoms with Gasteiger partial charge in [-0.1, -0.05) is 12.1 Å². The SMILES string of the molecule is O=S(=O)(NCCc1ccc(F)cc1)c1c2c(cc3c1OCC3)OCC2. The van der Waals surface area contributed by atoms with Gasteiger partial charge in [-0.2, -0.15) is 0 Å². The van der Waals surface area contributed by atoms with Crippen LogP contribution in [0, 0.1) is 5.82 Å². The van der Waals surface area contributed by atoms with Gasteiger partial charge in [-0.3, -0.25) is 0 Å². The first-order valence-corrected chi connectivity index (χ1v) is 9.71. The van der Waals surface area contributed by atoms with Gasteiger partial charge in [-0.25, -0.2) is 17.5 Å². The lowest BCUT2D eigenvalue weighted by Crippen LogP contribution is -2.27. The van der Waals surface area contributed by atoms with Gasteiger partial charge < -0.3 is 9.47 Å². The topological polar surface area (TPSA) is 64.6 Å². The Morgan fingerprint density at radius 1 is 1.08 bits per heavy atom. The summed E-state index contributed by atoms with van der Waals surface area (Å²) in [7, 11) is -3.72. The van der Waals surface area contributed by atoms with Crippen molar-refractivity contribution in [3.8, 4) is 11.5 Å². The normalized spacial score (nSPS) is 15.4. The first-order chi connectivity index (χ1) is 12.0. The second-order valence-electron chi connectivity index (χ2n) is 6.14. The van der Waals surface area contributed by atoms with Crippen molar-refractivity contribution in [1.29, 1.82) is 0 Å². The maximum Gasteiger partial charge on any atom is 0.244 e. The molecule has 2 aromatic carbocycles. The summed E-state index contributed by atoms with van der Waals surface area (Å²) < 4.78 is 52.5. The molecule has 25 heavy (non-hydrogen) atoms. The van der Waals surface area contributed by atoms with E-state index < -0.39 is 10.0 Å². The molecule has 2 aliphatic rings. The summed E-state index contributed by atoms with van der Waals surface area (Å²) in [5, 5.41) is 0. The zero-order valence-corrected chi connectivity index (χ0v) is 14.4. The summed E-state index contributed by atoms with van der Waals surface area (Å²) in [4.78, 5) is 0.217. The smallest absolute Gasteiger partial charge is 0.244 e. The van der Waals surface area contributed by atoms with Gasteiger partial charge in [0.15, 0.2) is 0 Å². The third-order valence-electron chi connectivity index (χ3n) is 4.49. The molecule has 2 heterocycles. The number of halogens is 1. The molecule has 132 valence electrons. The maximum atomic E-state index is 12.9. The minimum atomic E-state index is -3.72. The molecule has 1 N–H and O–H groups in total. The second kappa shape index (κ2) is 6.31. The van der Waals surface area contributed by atoms with Crippen LogP contribution < -0.4 is 14.2 Å². The van der Waals surface area contributed by atoms with Crippen molar-refractivity contribution < 1.29 is 22.3 Å². The van der Waals surface area contributed by atoms with E-state index in [0.29, 0.717) is 49.5 Å². The van der Waals surface area contributed by atoms with Crippen molar-refractivity contribution in [3.05, 3.63) is 52.8 Å². The van der Waals surface area contributed by atoms with E-state index in [-0.39, 0.29) is 17.3 Å². The maximum absolute atomic E-state index is 12.9. The van der Waals surface area contributed by atoms with Crippen molar-refractivity contribution in [3.63, 3.8) is 0 Å². The van der Waals surface area contributed by atoms with Crippen LogP contribution >= 0.6 is 0 Å². The van der Waals surface area contributed by atoms with Crippen LogP contribution in [0.2, 0.25) is 0 Å². The minimum Gasteiger partial charge on any atom is -0.493 e. The second-order valence-corrected chi connectivity index (χ2v) is 7.85. The summed E-state index contributed by atoms with van der Waals surface area (Å²) >= 11 is 0. The third-order valence-corrected chi connectivity index (χ3v) is 6.04. The van der Waals surface area contributed by atoms with Crippen molar-refractivity contribution in [1.82, 2.24) is 4.72 Å². The number of hydrogen-bond donors (Lipinski definition) is 1. The molecule has 0 radical (unpaired) electrons. The Labute approximate surface area is 145 Å². The first-order valence-electron chi connectivity index (χ1n) is 8.23. The summed E-state index contributed by atoms with van der Waals surface area (Å²) in [6.07, 6.45) is 1.72. The highest BCUT2D eigenvalue weighted by Gasteiger charge is 2.33. The zero-order valence-electron chi connectivity index (χ0n) is 13.5. The molecule has 0 spiro atoms. The molecule has 0 aromatic heterocycles. The molecule has 0 fully saturated rings. The van der Waals surface area contributed by atoms with Gasteiger partial charge in [0.05, 0.1) is 13.2 Å². The number of benzene rings is 2. The Kier molecular flexibility index (Phi) is 4.13. The fraction of sp³-hybridized carbons (Fsp3) is 0.333. The standard InChI is InChI=1S/C18H18FNO4S/c19-14-3-1-12(2-4-14)5-8-20-25(21,22)18-15-7-10-23-16(15)11-13-6-9-24-17(13)18/h1-4,11,20H,5-10H2. The Morgan fingerprint density at radius 3 is 2.64 bits per heavy atom. The van der Waals surface area contributed by atoms with Crippen LogP contribution in [0.1, 0.15) is 16.7 Å². The molecule has 0 aliphatic carbocycles. The van der Waals surface area contributed by atoms with Crippen molar-refractivity contribution in [2.24, 2.45) is 0 Å². The van der Waals surface area contributed by atoms with E-state index >= 15 is 0 Å². The molecule has 0 amide bonds. The highest BCUT2D eigenvalue weighted by Crippen LogP contribution is 2.42. The van der Waals surface area contributed by atoms with E-state index in [9.17, 15) is 12.8 Å². The molecule has 0 unspecified atom stereocenters. The van der Waals surface area contributed by atoms with Crippen molar-refractivity contribution >= 4 is 10.0 Å². The number of hydrogen-bond acceptors (Lipinski definition) is 4. The van der Waals surface area contributed by atoms with Gasteiger partial charge in [-0.15, -0.1) is 0 Å². The van der Waals surface area contributed by atoms with Gasteiger partial charge in [0.2, 0.25) is 10.0 Å². The highest BCUT2D eigenvalue weighted by molar-refractivity contribution is 7.89.